The van der Waals surface area contributed by atoms with Crippen molar-refractivity contribution in [1.82, 2.24) is 0 Å². The zero-order chi connectivity index (χ0) is 39.6. The fraction of sp³-hybridized carbons (Fsp3) is 0.0741. The molecule has 282 valence electrons. The molecule has 0 fully saturated rings. The van der Waals surface area contributed by atoms with Gasteiger partial charge < -0.3 is 18.9 Å². The van der Waals surface area contributed by atoms with E-state index in [0.29, 0.717) is 0 Å². The van der Waals surface area contributed by atoms with Gasteiger partial charge in [-0.1, -0.05) is 97.1 Å². The minimum absolute atomic E-state index is 0.828. The van der Waals surface area contributed by atoms with Crippen molar-refractivity contribution in [2.24, 2.45) is 0 Å². The Morgan fingerprint density at radius 3 is 0.638 bits per heavy atom. The summed E-state index contributed by atoms with van der Waals surface area (Å²) in [6.07, 6.45) is 0. The number of hydrogen-bond acceptors (Lipinski definition) is 4. The lowest BCUT2D eigenvalue weighted by Gasteiger charge is -2.20. The molecule has 0 spiro atoms. The molecular weight excluding hydrogens is 713 g/mol. The lowest BCUT2D eigenvalue weighted by Crippen LogP contribution is -1.93. The van der Waals surface area contributed by atoms with Gasteiger partial charge in [0.1, 0.15) is 23.0 Å². The largest absolute Gasteiger partial charge is 0.497 e. The number of hydrogen-bond donors (Lipinski definition) is 0. The predicted molar refractivity (Wildman–Crippen MR) is 240 cm³/mol. The Morgan fingerprint density at radius 2 is 0.431 bits per heavy atom. The number of rotatable bonds is 10. The van der Waals surface area contributed by atoms with Gasteiger partial charge in [0.05, 0.1) is 28.4 Å². The molecule has 58 heavy (non-hydrogen) atoms. The van der Waals surface area contributed by atoms with Gasteiger partial charge in [-0.3, -0.25) is 0 Å². The zero-order valence-electron chi connectivity index (χ0n) is 33.0. The van der Waals surface area contributed by atoms with Crippen LogP contribution >= 0.6 is 0 Å². The summed E-state index contributed by atoms with van der Waals surface area (Å²) in [6, 6.07) is 64.8. The Hall–Kier alpha value is -7.30. The molecule has 0 saturated heterocycles. The van der Waals surface area contributed by atoms with E-state index in [0.717, 1.165) is 78.6 Å². The Morgan fingerprint density at radius 1 is 0.224 bits per heavy atom. The second kappa shape index (κ2) is 15.7. The third-order valence-corrected chi connectivity index (χ3v) is 11.1. The van der Waals surface area contributed by atoms with Crippen LogP contribution in [0.3, 0.4) is 0 Å². The SMILES string of the molecule is COc1ccc(-c2cc(-c3ccc(OC)cc3)cc(-c3c4ccccc4c(-c4cc(-c5ccc(OC)cc5)cc(-c5ccc(OC)cc5)c4)c4ccccc34)c2)cc1. The van der Waals surface area contributed by atoms with Crippen molar-refractivity contribution in [3.05, 3.63) is 182 Å². The van der Waals surface area contributed by atoms with Crippen molar-refractivity contribution in [1.29, 1.82) is 0 Å². The van der Waals surface area contributed by atoms with Gasteiger partial charge in [-0.15, -0.1) is 0 Å². The highest BCUT2D eigenvalue weighted by Gasteiger charge is 2.19. The zero-order valence-corrected chi connectivity index (χ0v) is 33.0. The highest BCUT2D eigenvalue weighted by atomic mass is 16.5. The minimum Gasteiger partial charge on any atom is -0.497 e. The normalized spacial score (nSPS) is 11.1. The smallest absolute Gasteiger partial charge is 0.118 e. The van der Waals surface area contributed by atoms with Crippen molar-refractivity contribution < 1.29 is 18.9 Å². The van der Waals surface area contributed by atoms with Crippen molar-refractivity contribution in [2.45, 2.75) is 0 Å². The van der Waals surface area contributed by atoms with Crippen LogP contribution in [0, 0.1) is 0 Å². The van der Waals surface area contributed by atoms with Crippen LogP contribution in [0.15, 0.2) is 182 Å². The average molecular weight is 755 g/mol. The van der Waals surface area contributed by atoms with Gasteiger partial charge in [-0.2, -0.15) is 0 Å². The van der Waals surface area contributed by atoms with Gasteiger partial charge in [0.15, 0.2) is 0 Å². The van der Waals surface area contributed by atoms with Crippen LogP contribution in [0.2, 0.25) is 0 Å². The molecule has 0 bridgehead atoms. The maximum atomic E-state index is 5.52. The minimum atomic E-state index is 0.828. The first-order chi connectivity index (χ1) is 28.5. The molecule has 9 rings (SSSR count). The number of fused-ring (bicyclic) bond motifs is 2. The molecule has 0 aliphatic heterocycles. The molecule has 0 heterocycles. The Labute approximate surface area is 339 Å². The van der Waals surface area contributed by atoms with Crippen molar-refractivity contribution in [3.63, 3.8) is 0 Å². The second-order valence-corrected chi connectivity index (χ2v) is 14.4. The molecule has 0 radical (unpaired) electrons. The highest BCUT2D eigenvalue weighted by Crippen LogP contribution is 2.47. The lowest BCUT2D eigenvalue weighted by atomic mass is 9.83. The first-order valence-electron chi connectivity index (χ1n) is 19.4. The van der Waals surface area contributed by atoms with Crippen LogP contribution in [0.4, 0.5) is 0 Å². The van der Waals surface area contributed by atoms with Crippen LogP contribution in [0.5, 0.6) is 23.0 Å². The molecule has 0 aliphatic carbocycles. The van der Waals surface area contributed by atoms with Crippen molar-refractivity contribution in [2.75, 3.05) is 28.4 Å². The van der Waals surface area contributed by atoms with E-state index >= 15 is 0 Å². The molecule has 0 unspecified atom stereocenters. The van der Waals surface area contributed by atoms with Crippen LogP contribution in [0.1, 0.15) is 0 Å². The quantitative estimate of drug-likeness (QED) is 0.130. The molecule has 4 heteroatoms. The van der Waals surface area contributed by atoms with Gasteiger partial charge >= 0.3 is 0 Å². The fourth-order valence-electron chi connectivity index (χ4n) is 8.09. The Kier molecular flexibility index (Phi) is 9.83. The molecule has 4 nitrogen and oxygen atoms in total. The summed E-state index contributed by atoms with van der Waals surface area (Å²) in [5, 5.41) is 4.74. The summed E-state index contributed by atoms with van der Waals surface area (Å²) in [6.45, 7) is 0. The molecule has 0 aliphatic rings. The lowest BCUT2D eigenvalue weighted by molar-refractivity contribution is 0.415. The average Bonchev–Trinajstić information content (AvgIpc) is 3.30. The van der Waals surface area contributed by atoms with Crippen molar-refractivity contribution in [3.8, 4) is 89.8 Å². The third-order valence-electron chi connectivity index (χ3n) is 11.1. The van der Waals surface area contributed by atoms with Gasteiger partial charge in [0, 0.05) is 0 Å². The monoisotopic (exact) mass is 754 g/mol. The van der Waals surface area contributed by atoms with Crippen LogP contribution in [-0.4, -0.2) is 28.4 Å². The summed E-state index contributed by atoms with van der Waals surface area (Å²) in [4.78, 5) is 0. The molecule has 0 atom stereocenters. The standard InChI is InChI=1S/C54H42O4/c1-55-45-21-13-35(14-22-45)39-29-40(36-15-23-46(56-2)24-16-36)32-43(31-39)53-49-9-5-7-11-51(49)54(52-12-8-6-10-50(52)53)44-33-41(37-17-25-47(57-3)26-18-37)30-42(34-44)38-19-27-48(58-4)28-20-38/h5-34H,1-4H3. The first kappa shape index (κ1) is 36.3. The van der Waals surface area contributed by atoms with Gasteiger partial charge in [-0.05, 0) is 173 Å². The number of methoxy groups -OCH3 is 4. The Balaban J connectivity index is 1.31. The van der Waals surface area contributed by atoms with Gasteiger partial charge in [-0.25, -0.2) is 0 Å². The summed E-state index contributed by atoms with van der Waals surface area (Å²) in [7, 11) is 6.80. The van der Waals surface area contributed by atoms with E-state index in [1.54, 1.807) is 28.4 Å². The topological polar surface area (TPSA) is 36.9 Å². The molecular formula is C54H42O4. The van der Waals surface area contributed by atoms with Crippen LogP contribution in [0.25, 0.3) is 88.3 Å². The highest BCUT2D eigenvalue weighted by molar-refractivity contribution is 6.22. The van der Waals surface area contributed by atoms with E-state index in [1.165, 1.54) is 32.7 Å². The van der Waals surface area contributed by atoms with E-state index in [4.69, 9.17) is 18.9 Å². The van der Waals surface area contributed by atoms with Crippen LogP contribution < -0.4 is 18.9 Å². The maximum absolute atomic E-state index is 5.52. The second-order valence-electron chi connectivity index (χ2n) is 14.4. The summed E-state index contributed by atoms with van der Waals surface area (Å²) in [5.74, 6) is 3.31. The molecule has 9 aromatic carbocycles. The third kappa shape index (κ3) is 6.90. The molecule has 9 aromatic rings. The molecule has 0 N–H and O–H groups in total. The van der Waals surface area contributed by atoms with E-state index in [1.807, 2.05) is 48.5 Å². The Bertz CT molecular complexity index is 2500. The number of benzene rings is 9. The van der Waals surface area contributed by atoms with E-state index in [-0.39, 0.29) is 0 Å². The van der Waals surface area contributed by atoms with Gasteiger partial charge in [0.25, 0.3) is 0 Å². The summed E-state index contributed by atoms with van der Waals surface area (Å²) < 4.78 is 22.1. The van der Waals surface area contributed by atoms with E-state index in [2.05, 4.69) is 133 Å². The maximum Gasteiger partial charge on any atom is 0.118 e. The predicted octanol–water partition coefficient (Wildman–Crippen LogP) is 14.0. The van der Waals surface area contributed by atoms with E-state index < -0.39 is 0 Å². The molecule has 0 amide bonds. The fourth-order valence-corrected chi connectivity index (χ4v) is 8.09. The number of ether oxygens (including phenoxy) is 4. The van der Waals surface area contributed by atoms with E-state index in [9.17, 15) is 0 Å². The first-order valence-corrected chi connectivity index (χ1v) is 19.4. The van der Waals surface area contributed by atoms with Crippen LogP contribution in [-0.2, 0) is 0 Å². The van der Waals surface area contributed by atoms with Gasteiger partial charge in [0.2, 0.25) is 0 Å². The molecule has 0 aromatic heterocycles. The summed E-state index contributed by atoms with van der Waals surface area (Å²) in [5.41, 5.74) is 13.6. The molecule has 0 saturated carbocycles. The van der Waals surface area contributed by atoms with Crippen molar-refractivity contribution >= 4 is 21.5 Å². The summed E-state index contributed by atoms with van der Waals surface area (Å²) >= 11 is 0.